The van der Waals surface area contributed by atoms with E-state index in [2.05, 4.69) is 0 Å². The summed E-state index contributed by atoms with van der Waals surface area (Å²) in [4.78, 5) is 10.8. The molecule has 1 aliphatic carbocycles. The van der Waals surface area contributed by atoms with E-state index in [1.807, 2.05) is 24.3 Å². The molecule has 1 heterocycles. The van der Waals surface area contributed by atoms with Gasteiger partial charge < -0.3 is 19.3 Å². The van der Waals surface area contributed by atoms with Crippen LogP contribution in [0.1, 0.15) is 48.8 Å². The monoisotopic (exact) mass is 416 g/mol. The molecular weight excluding hydrogens is 392 g/mol. The number of rotatable bonds is 7. The van der Waals surface area contributed by atoms with Crippen molar-refractivity contribution in [2.45, 2.75) is 57.2 Å². The van der Waals surface area contributed by atoms with Gasteiger partial charge in [-0.2, -0.15) is 0 Å². The quantitative estimate of drug-likeness (QED) is 0.672. The number of methoxy groups -OCH3 is 1. The third-order valence-corrected chi connectivity index (χ3v) is 6.03. The summed E-state index contributed by atoms with van der Waals surface area (Å²) < 4.78 is 17.8. The minimum Gasteiger partial charge on any atom is -0.496 e. The highest BCUT2D eigenvalue weighted by Gasteiger charge is 2.42. The molecule has 0 unspecified atom stereocenters. The highest BCUT2D eigenvalue weighted by molar-refractivity contribution is 6.30. The first-order valence-electron chi connectivity index (χ1n) is 10.00. The molecule has 6 heteroatoms. The van der Waals surface area contributed by atoms with Crippen molar-refractivity contribution < 1.29 is 24.1 Å². The van der Waals surface area contributed by atoms with Gasteiger partial charge in [-0.15, -0.1) is 0 Å². The smallest absolute Gasteiger partial charge is 0.303 e. The van der Waals surface area contributed by atoms with E-state index < -0.39 is 5.97 Å². The molecule has 0 saturated heterocycles. The Hall–Kier alpha value is -2.40. The largest absolute Gasteiger partial charge is 0.496 e. The van der Waals surface area contributed by atoms with Crippen molar-refractivity contribution in [1.29, 1.82) is 0 Å². The maximum atomic E-state index is 10.8. The van der Waals surface area contributed by atoms with Gasteiger partial charge in [0, 0.05) is 35.1 Å². The Bertz CT molecular complexity index is 918. The molecule has 1 spiro atoms. The number of benzene rings is 2. The van der Waals surface area contributed by atoms with Gasteiger partial charge in [0.25, 0.3) is 0 Å². The van der Waals surface area contributed by atoms with Gasteiger partial charge in [-0.25, -0.2) is 0 Å². The summed E-state index contributed by atoms with van der Waals surface area (Å²) in [6, 6.07) is 9.40. The van der Waals surface area contributed by atoms with Crippen LogP contribution in [0.4, 0.5) is 0 Å². The van der Waals surface area contributed by atoms with Crippen molar-refractivity contribution in [3.8, 4) is 17.2 Å². The first-order valence-corrected chi connectivity index (χ1v) is 10.4. The predicted octanol–water partition coefficient (Wildman–Crippen LogP) is 5.19. The maximum Gasteiger partial charge on any atom is 0.303 e. The van der Waals surface area contributed by atoms with Gasteiger partial charge >= 0.3 is 5.97 Å². The third-order valence-electron chi connectivity index (χ3n) is 5.81. The number of carbonyl (C=O) groups is 1. The van der Waals surface area contributed by atoms with Gasteiger partial charge in [0.2, 0.25) is 0 Å². The molecule has 5 nitrogen and oxygen atoms in total. The summed E-state index contributed by atoms with van der Waals surface area (Å²) in [6.45, 7) is 0.344. The second-order valence-electron chi connectivity index (χ2n) is 7.88. The van der Waals surface area contributed by atoms with Crippen LogP contribution in [0.2, 0.25) is 5.02 Å². The molecular formula is C23H25ClO5. The Morgan fingerprint density at radius 1 is 1.21 bits per heavy atom. The lowest BCUT2D eigenvalue weighted by atomic mass is 9.95. The lowest BCUT2D eigenvalue weighted by molar-refractivity contribution is -0.136. The molecule has 1 aliphatic heterocycles. The summed E-state index contributed by atoms with van der Waals surface area (Å²) in [5.74, 6) is 1.37. The van der Waals surface area contributed by atoms with Crippen LogP contribution in [0.15, 0.2) is 30.3 Å². The first-order chi connectivity index (χ1) is 14.0. The molecule has 0 atom stereocenters. The average Bonchev–Trinajstić information content (AvgIpc) is 3.30. The van der Waals surface area contributed by atoms with Crippen LogP contribution in [-0.4, -0.2) is 23.8 Å². The molecule has 1 fully saturated rings. The van der Waals surface area contributed by atoms with Crippen molar-refractivity contribution in [2.24, 2.45) is 0 Å². The normalized spacial score (nSPS) is 16.5. The van der Waals surface area contributed by atoms with Crippen molar-refractivity contribution in [2.75, 3.05) is 7.11 Å². The summed E-state index contributed by atoms with van der Waals surface area (Å²) in [6.07, 6.45) is 6.00. The summed E-state index contributed by atoms with van der Waals surface area (Å²) in [7, 11) is 1.57. The molecule has 0 radical (unpaired) electrons. The van der Waals surface area contributed by atoms with Gasteiger partial charge in [-0.05, 0) is 55.9 Å². The van der Waals surface area contributed by atoms with E-state index in [9.17, 15) is 4.79 Å². The van der Waals surface area contributed by atoms with Gasteiger partial charge in [0.1, 0.15) is 29.5 Å². The number of aryl methyl sites for hydroxylation is 1. The van der Waals surface area contributed by atoms with Gasteiger partial charge in [-0.1, -0.05) is 17.7 Å². The Kier molecular flexibility index (Phi) is 5.59. The lowest BCUT2D eigenvalue weighted by Crippen LogP contribution is -2.30. The predicted molar refractivity (Wildman–Crippen MR) is 110 cm³/mol. The number of carboxylic acids is 1. The van der Waals surface area contributed by atoms with Crippen LogP contribution in [-0.2, 0) is 24.2 Å². The van der Waals surface area contributed by atoms with E-state index in [0.717, 1.165) is 36.1 Å². The van der Waals surface area contributed by atoms with Crippen LogP contribution in [0.3, 0.4) is 0 Å². The van der Waals surface area contributed by atoms with E-state index in [1.165, 1.54) is 18.4 Å². The van der Waals surface area contributed by atoms with E-state index in [4.69, 9.17) is 30.9 Å². The molecule has 1 saturated carbocycles. The average molecular weight is 417 g/mol. The Morgan fingerprint density at radius 2 is 2.00 bits per heavy atom. The van der Waals surface area contributed by atoms with Crippen LogP contribution in [0, 0.1) is 0 Å². The molecule has 154 valence electrons. The maximum absolute atomic E-state index is 10.8. The molecule has 29 heavy (non-hydrogen) atoms. The summed E-state index contributed by atoms with van der Waals surface area (Å²) >= 11 is 6.36. The zero-order valence-electron chi connectivity index (χ0n) is 16.5. The summed E-state index contributed by atoms with van der Waals surface area (Å²) in [5.41, 5.74) is 2.90. The number of halogens is 1. The number of carboxylic acid groups (broad SMARTS) is 1. The molecule has 0 bridgehead atoms. The van der Waals surface area contributed by atoms with E-state index in [0.29, 0.717) is 29.5 Å². The minimum atomic E-state index is -0.831. The second kappa shape index (κ2) is 8.15. The van der Waals surface area contributed by atoms with Crippen molar-refractivity contribution in [1.82, 2.24) is 0 Å². The topological polar surface area (TPSA) is 65.0 Å². The van der Waals surface area contributed by atoms with Crippen molar-refractivity contribution in [3.63, 3.8) is 0 Å². The number of hydrogen-bond acceptors (Lipinski definition) is 4. The fourth-order valence-corrected chi connectivity index (χ4v) is 4.67. The molecule has 2 aliphatic rings. The minimum absolute atomic E-state index is 0.0588. The van der Waals surface area contributed by atoms with Gasteiger partial charge in [-0.3, -0.25) is 4.79 Å². The lowest BCUT2D eigenvalue weighted by Gasteiger charge is -2.23. The standard InChI is InChI=1S/C23H25ClO5/c1-27-20-12-19(6-4-15(20)5-7-21(25)26)28-14-17-11-18(24)10-16-13-23(29-22(16)17)8-2-3-9-23/h4,6,10-12H,2-3,5,7-9,13-14H2,1H3,(H,25,26). The first kappa shape index (κ1) is 19.9. The van der Waals surface area contributed by atoms with E-state index in [-0.39, 0.29) is 12.0 Å². The zero-order chi connectivity index (χ0) is 20.4. The molecule has 1 N–H and O–H groups in total. The highest BCUT2D eigenvalue weighted by Crippen LogP contribution is 2.47. The molecule has 2 aromatic carbocycles. The van der Waals surface area contributed by atoms with Gasteiger partial charge in [0.15, 0.2) is 0 Å². The third kappa shape index (κ3) is 4.30. The number of hydrogen-bond donors (Lipinski definition) is 1. The fraction of sp³-hybridized carbons (Fsp3) is 0.435. The summed E-state index contributed by atoms with van der Waals surface area (Å²) in [5, 5.41) is 9.59. The van der Waals surface area contributed by atoms with Crippen LogP contribution < -0.4 is 14.2 Å². The van der Waals surface area contributed by atoms with Crippen molar-refractivity contribution in [3.05, 3.63) is 52.0 Å². The number of ether oxygens (including phenoxy) is 3. The van der Waals surface area contributed by atoms with Gasteiger partial charge in [0.05, 0.1) is 7.11 Å². The Labute approximate surface area is 175 Å². The Balaban J connectivity index is 1.49. The van der Waals surface area contributed by atoms with Crippen molar-refractivity contribution >= 4 is 17.6 Å². The SMILES string of the molecule is COc1cc(OCc2cc(Cl)cc3c2OC2(CCCC2)C3)ccc1CCC(=O)O. The molecule has 4 rings (SSSR count). The molecule has 0 aromatic heterocycles. The van der Waals surface area contributed by atoms with Crippen LogP contribution in [0.25, 0.3) is 0 Å². The Morgan fingerprint density at radius 3 is 2.72 bits per heavy atom. The highest BCUT2D eigenvalue weighted by atomic mass is 35.5. The van der Waals surface area contributed by atoms with E-state index >= 15 is 0 Å². The molecule has 0 amide bonds. The second-order valence-corrected chi connectivity index (χ2v) is 8.31. The van der Waals surface area contributed by atoms with Crippen LogP contribution in [0.5, 0.6) is 17.2 Å². The van der Waals surface area contributed by atoms with E-state index in [1.54, 1.807) is 13.2 Å². The number of fused-ring (bicyclic) bond motifs is 1. The zero-order valence-corrected chi connectivity index (χ0v) is 17.3. The number of aliphatic carboxylic acids is 1. The van der Waals surface area contributed by atoms with Crippen LogP contribution >= 0.6 is 11.6 Å². The molecule has 2 aromatic rings. The fourth-order valence-electron chi connectivity index (χ4n) is 4.40.